The molecule has 0 amide bonds. The summed E-state index contributed by atoms with van der Waals surface area (Å²) in [6.45, 7) is 7.10. The zero-order valence-electron chi connectivity index (χ0n) is 22.0. The van der Waals surface area contributed by atoms with Gasteiger partial charge in [0.15, 0.2) is 23.8 Å². The second-order valence-electron chi connectivity index (χ2n) is 9.21. The summed E-state index contributed by atoms with van der Waals surface area (Å²) in [6, 6.07) is 25.9. The Hall–Kier alpha value is -4.58. The second kappa shape index (κ2) is 12.3. The molecule has 0 fully saturated rings. The highest BCUT2D eigenvalue weighted by atomic mass is 16.6. The van der Waals surface area contributed by atoms with E-state index in [-0.39, 0.29) is 30.0 Å². The Balaban J connectivity index is 1.51. The van der Waals surface area contributed by atoms with Crippen molar-refractivity contribution >= 4 is 45.0 Å². The van der Waals surface area contributed by atoms with Crippen LogP contribution >= 0.6 is 0 Å². The van der Waals surface area contributed by atoms with E-state index in [1.807, 2.05) is 60.7 Å². The van der Waals surface area contributed by atoms with Gasteiger partial charge in [0, 0.05) is 29.5 Å². The lowest BCUT2D eigenvalue weighted by Gasteiger charge is -2.20. The maximum absolute atomic E-state index is 13.0. The monoisotopic (exact) mass is 522 g/mol. The molecule has 6 heteroatoms. The van der Waals surface area contributed by atoms with Gasteiger partial charge >= 0.3 is 11.9 Å². The van der Waals surface area contributed by atoms with E-state index in [2.05, 4.69) is 6.58 Å². The number of esters is 2. The second-order valence-corrected chi connectivity index (χ2v) is 9.21. The molecule has 39 heavy (non-hydrogen) atoms. The molecule has 0 aliphatic rings. The van der Waals surface area contributed by atoms with Gasteiger partial charge in [0.1, 0.15) is 0 Å². The van der Waals surface area contributed by atoms with Crippen LogP contribution in [-0.2, 0) is 28.7 Å². The van der Waals surface area contributed by atoms with Gasteiger partial charge in [-0.1, -0.05) is 105 Å². The Morgan fingerprint density at radius 1 is 0.641 bits per heavy atom. The molecule has 198 valence electrons. The normalized spacial score (nSPS) is 12.5. The lowest BCUT2D eigenvalue weighted by Crippen LogP contribution is -2.23. The van der Waals surface area contributed by atoms with Gasteiger partial charge in [0.25, 0.3) is 0 Å². The molecule has 0 aromatic heterocycles. The molecule has 0 heterocycles. The van der Waals surface area contributed by atoms with Crippen molar-refractivity contribution in [1.82, 2.24) is 0 Å². The van der Waals surface area contributed by atoms with Crippen LogP contribution in [0.3, 0.4) is 0 Å². The van der Waals surface area contributed by atoms with E-state index in [1.165, 1.54) is 0 Å². The highest BCUT2D eigenvalue weighted by Gasteiger charge is 2.29. The fraction of sp³-hybridized carbons (Fsp3) is 0.212. The molecule has 0 aliphatic heterocycles. The molecule has 0 bridgehead atoms. The number of rotatable bonds is 11. The maximum atomic E-state index is 13.0. The molecule has 0 N–H and O–H groups in total. The number of carbonyl (C=O) groups excluding carboxylic acids is 4. The molecule has 6 nitrogen and oxygen atoms in total. The van der Waals surface area contributed by atoms with Gasteiger partial charge in [-0.05, 0) is 21.5 Å². The van der Waals surface area contributed by atoms with Crippen molar-refractivity contribution in [3.8, 4) is 0 Å². The number of hydrogen-bond acceptors (Lipinski definition) is 6. The number of fused-ring (bicyclic) bond motifs is 2. The SMILES string of the molecule is C=C(CC(=O)OC(C(=O)CC)c1cccc2ccccc12)C(=O)OC(C(=O)CC)c1cccc2ccccc12. The average molecular weight is 523 g/mol. The van der Waals surface area contributed by atoms with Crippen LogP contribution in [0.15, 0.2) is 97.1 Å². The molecule has 0 spiro atoms. The molecule has 4 aromatic carbocycles. The molecule has 0 aliphatic carbocycles. The van der Waals surface area contributed by atoms with Gasteiger partial charge in [0.05, 0.1) is 6.42 Å². The molecule has 0 radical (unpaired) electrons. The van der Waals surface area contributed by atoms with E-state index in [0.717, 1.165) is 21.5 Å². The summed E-state index contributed by atoms with van der Waals surface area (Å²) in [5.41, 5.74) is 0.967. The molecule has 0 saturated carbocycles. The Morgan fingerprint density at radius 3 is 1.56 bits per heavy atom. The van der Waals surface area contributed by atoms with Crippen molar-refractivity contribution in [3.63, 3.8) is 0 Å². The van der Waals surface area contributed by atoms with Crippen molar-refractivity contribution in [3.05, 3.63) is 108 Å². The van der Waals surface area contributed by atoms with Gasteiger partial charge in [0.2, 0.25) is 0 Å². The molecule has 0 saturated heterocycles. The van der Waals surface area contributed by atoms with Crippen LogP contribution in [0.2, 0.25) is 0 Å². The molecular formula is C33H30O6. The molecule has 2 unspecified atom stereocenters. The third-order valence-corrected chi connectivity index (χ3v) is 6.61. The van der Waals surface area contributed by atoms with E-state index in [0.29, 0.717) is 11.1 Å². The van der Waals surface area contributed by atoms with Gasteiger partial charge in [-0.3, -0.25) is 14.4 Å². The van der Waals surface area contributed by atoms with Crippen LogP contribution in [0.25, 0.3) is 21.5 Å². The van der Waals surface area contributed by atoms with E-state index in [1.54, 1.807) is 38.1 Å². The van der Waals surface area contributed by atoms with Gasteiger partial charge in [-0.25, -0.2) is 4.79 Å². The Kier molecular flexibility index (Phi) is 8.67. The zero-order chi connectivity index (χ0) is 27.9. The lowest BCUT2D eigenvalue weighted by atomic mass is 9.97. The topological polar surface area (TPSA) is 86.7 Å². The maximum Gasteiger partial charge on any atom is 0.335 e. The summed E-state index contributed by atoms with van der Waals surface area (Å²) in [6.07, 6.45) is -2.44. The first-order chi connectivity index (χ1) is 18.8. The molecular weight excluding hydrogens is 492 g/mol. The Bertz CT molecular complexity index is 1560. The van der Waals surface area contributed by atoms with Crippen LogP contribution in [0.5, 0.6) is 0 Å². The van der Waals surface area contributed by atoms with Gasteiger partial charge in [-0.2, -0.15) is 0 Å². The quantitative estimate of drug-likeness (QED) is 0.160. The number of hydrogen-bond donors (Lipinski definition) is 0. The minimum absolute atomic E-state index is 0.154. The van der Waals surface area contributed by atoms with E-state index in [9.17, 15) is 19.2 Å². The first kappa shape index (κ1) is 27.5. The number of ether oxygens (including phenoxy) is 2. The summed E-state index contributed by atoms with van der Waals surface area (Å²) < 4.78 is 11.2. The minimum atomic E-state index is -1.15. The number of Topliss-reactive ketones (excluding diaryl/α,β-unsaturated/α-hetero) is 2. The Morgan fingerprint density at radius 2 is 1.08 bits per heavy atom. The first-order valence-electron chi connectivity index (χ1n) is 12.9. The largest absolute Gasteiger partial charge is 0.449 e. The van der Waals surface area contributed by atoms with Crippen molar-refractivity contribution in [1.29, 1.82) is 0 Å². The van der Waals surface area contributed by atoms with Gasteiger partial charge in [-0.15, -0.1) is 0 Å². The average Bonchev–Trinajstić information content (AvgIpc) is 2.97. The molecule has 4 rings (SSSR count). The number of ketones is 2. The number of carbonyl (C=O) groups is 4. The van der Waals surface area contributed by atoms with E-state index < -0.39 is 30.6 Å². The van der Waals surface area contributed by atoms with Crippen LogP contribution < -0.4 is 0 Å². The smallest absolute Gasteiger partial charge is 0.335 e. The standard InChI is InChI=1S/C33H30O6/c1-4-28(34)31(26-18-10-14-22-12-6-8-16-24(22)26)38-30(36)20-21(3)33(37)39-32(29(35)5-2)27-19-11-15-23-13-7-9-17-25(23)27/h6-19,31-32H,3-5,20H2,1-2H3. The predicted molar refractivity (Wildman–Crippen MR) is 150 cm³/mol. The van der Waals surface area contributed by atoms with Crippen molar-refractivity contribution < 1.29 is 28.7 Å². The predicted octanol–water partition coefficient (Wildman–Crippen LogP) is 6.77. The highest BCUT2D eigenvalue weighted by molar-refractivity contribution is 5.99. The van der Waals surface area contributed by atoms with Crippen molar-refractivity contribution in [2.75, 3.05) is 0 Å². The third kappa shape index (κ3) is 6.12. The zero-order valence-corrected chi connectivity index (χ0v) is 22.0. The lowest BCUT2D eigenvalue weighted by molar-refractivity contribution is -0.157. The summed E-state index contributed by atoms with van der Waals surface area (Å²) in [7, 11) is 0. The minimum Gasteiger partial charge on any atom is -0.449 e. The van der Waals surface area contributed by atoms with Crippen molar-refractivity contribution in [2.24, 2.45) is 0 Å². The fourth-order valence-electron chi connectivity index (χ4n) is 4.54. The summed E-state index contributed by atoms with van der Waals surface area (Å²) in [5, 5.41) is 3.41. The van der Waals surface area contributed by atoms with Crippen LogP contribution in [-0.4, -0.2) is 23.5 Å². The third-order valence-electron chi connectivity index (χ3n) is 6.61. The summed E-state index contributed by atoms with van der Waals surface area (Å²) in [4.78, 5) is 51.5. The fourth-order valence-corrected chi connectivity index (χ4v) is 4.54. The van der Waals surface area contributed by atoms with Crippen LogP contribution in [0, 0.1) is 0 Å². The van der Waals surface area contributed by atoms with Crippen LogP contribution in [0.4, 0.5) is 0 Å². The van der Waals surface area contributed by atoms with Crippen molar-refractivity contribution in [2.45, 2.75) is 45.3 Å². The summed E-state index contributed by atoms with van der Waals surface area (Å²) in [5.74, 6) is -2.22. The highest BCUT2D eigenvalue weighted by Crippen LogP contribution is 2.31. The Labute approximate surface area is 227 Å². The first-order valence-corrected chi connectivity index (χ1v) is 12.9. The molecule has 2 atom stereocenters. The van der Waals surface area contributed by atoms with Gasteiger partial charge < -0.3 is 9.47 Å². The molecule has 4 aromatic rings. The van der Waals surface area contributed by atoms with E-state index in [4.69, 9.17) is 9.47 Å². The summed E-state index contributed by atoms with van der Waals surface area (Å²) >= 11 is 0. The van der Waals surface area contributed by atoms with E-state index >= 15 is 0 Å². The van der Waals surface area contributed by atoms with Crippen LogP contribution in [0.1, 0.15) is 56.4 Å². The number of benzene rings is 4.